The molecule has 1 aromatic rings. The molecule has 2 aliphatic rings. The Labute approximate surface area is 186 Å². The lowest BCUT2D eigenvalue weighted by atomic mass is 9.95. The van der Waals surface area contributed by atoms with Crippen LogP contribution in [-0.2, 0) is 14.3 Å². The number of hydrogen-bond donors (Lipinski definition) is 0. The van der Waals surface area contributed by atoms with E-state index in [2.05, 4.69) is 4.74 Å². The van der Waals surface area contributed by atoms with Gasteiger partial charge in [-0.3, -0.25) is 14.4 Å². The van der Waals surface area contributed by atoms with Gasteiger partial charge >= 0.3 is 12.6 Å². The highest BCUT2D eigenvalue weighted by Gasteiger charge is 2.35. The number of rotatable bonds is 10. The zero-order valence-electron chi connectivity index (χ0n) is 18.3. The molecule has 1 saturated heterocycles. The number of halogens is 2. The standard InChI is InChI=1S/C23H30F2N2O5/c1-2-31-20(28)11-13-27(14-16-9-10-16)21(29)17-6-5-12-26(15-17)22(30)18-7-3-4-8-19(18)32-23(24)25/h3-4,7-8,16-17,23H,2,5-6,9-15H2,1H3. The van der Waals surface area contributed by atoms with Crippen molar-refractivity contribution in [2.45, 2.75) is 45.6 Å². The van der Waals surface area contributed by atoms with Gasteiger partial charge in [0.25, 0.3) is 5.91 Å². The summed E-state index contributed by atoms with van der Waals surface area (Å²) in [4.78, 5) is 41.3. The highest BCUT2D eigenvalue weighted by atomic mass is 19.3. The minimum absolute atomic E-state index is 0.0537. The van der Waals surface area contributed by atoms with Crippen LogP contribution in [0.25, 0.3) is 0 Å². The first kappa shape index (κ1) is 23.9. The van der Waals surface area contributed by atoms with E-state index in [-0.39, 0.29) is 36.2 Å². The second kappa shape index (κ2) is 11.2. The largest absolute Gasteiger partial charge is 0.466 e. The van der Waals surface area contributed by atoms with Gasteiger partial charge < -0.3 is 19.3 Å². The Morgan fingerprint density at radius 2 is 1.94 bits per heavy atom. The normalized spacial score (nSPS) is 18.4. The van der Waals surface area contributed by atoms with E-state index in [0.717, 1.165) is 12.8 Å². The molecule has 1 atom stereocenters. The van der Waals surface area contributed by atoms with Gasteiger partial charge in [0.05, 0.1) is 24.5 Å². The first-order valence-electron chi connectivity index (χ1n) is 11.2. The summed E-state index contributed by atoms with van der Waals surface area (Å²) in [7, 11) is 0. The van der Waals surface area contributed by atoms with Crippen molar-refractivity contribution in [3.63, 3.8) is 0 Å². The van der Waals surface area contributed by atoms with Gasteiger partial charge in [0.15, 0.2) is 0 Å². The predicted molar refractivity (Wildman–Crippen MR) is 112 cm³/mol. The van der Waals surface area contributed by atoms with Crippen LogP contribution in [0.3, 0.4) is 0 Å². The molecule has 1 heterocycles. The molecule has 2 fully saturated rings. The molecule has 176 valence electrons. The molecular weight excluding hydrogens is 422 g/mol. The van der Waals surface area contributed by atoms with E-state index in [1.54, 1.807) is 17.9 Å². The summed E-state index contributed by atoms with van der Waals surface area (Å²) in [5.74, 6) is -0.949. The van der Waals surface area contributed by atoms with E-state index in [0.29, 0.717) is 45.0 Å². The smallest absolute Gasteiger partial charge is 0.387 e. The Kier molecular flexibility index (Phi) is 8.41. The zero-order chi connectivity index (χ0) is 23.1. The van der Waals surface area contributed by atoms with Gasteiger partial charge in [-0.1, -0.05) is 12.1 Å². The summed E-state index contributed by atoms with van der Waals surface area (Å²) < 4.78 is 34.9. The maximum atomic E-state index is 13.3. The third kappa shape index (κ3) is 6.64. The van der Waals surface area contributed by atoms with Crippen molar-refractivity contribution in [2.75, 3.05) is 32.8 Å². The van der Waals surface area contributed by atoms with Crippen molar-refractivity contribution < 1.29 is 32.6 Å². The fourth-order valence-electron chi connectivity index (χ4n) is 4.00. The van der Waals surface area contributed by atoms with E-state index >= 15 is 0 Å². The second-order valence-electron chi connectivity index (χ2n) is 8.25. The number of amides is 2. The van der Waals surface area contributed by atoms with Crippen molar-refractivity contribution in [3.8, 4) is 5.75 Å². The van der Waals surface area contributed by atoms with Crippen LogP contribution in [0, 0.1) is 11.8 Å². The third-order valence-electron chi connectivity index (χ3n) is 5.77. The topological polar surface area (TPSA) is 76.2 Å². The first-order chi connectivity index (χ1) is 15.4. The van der Waals surface area contributed by atoms with Gasteiger partial charge in [0.2, 0.25) is 5.91 Å². The van der Waals surface area contributed by atoms with E-state index in [1.165, 1.54) is 23.1 Å². The minimum atomic E-state index is -3.03. The number of para-hydroxylation sites is 1. The van der Waals surface area contributed by atoms with Crippen LogP contribution in [0.2, 0.25) is 0 Å². The molecule has 1 aliphatic carbocycles. The SMILES string of the molecule is CCOC(=O)CCN(CC1CC1)C(=O)C1CCCN(C(=O)c2ccccc2OC(F)F)C1. The van der Waals surface area contributed by atoms with Gasteiger partial charge in [0.1, 0.15) is 5.75 Å². The third-order valence-corrected chi connectivity index (χ3v) is 5.77. The van der Waals surface area contributed by atoms with Crippen molar-refractivity contribution >= 4 is 17.8 Å². The number of likely N-dealkylation sites (tertiary alicyclic amines) is 1. The molecule has 0 bridgehead atoms. The Hall–Kier alpha value is -2.71. The monoisotopic (exact) mass is 452 g/mol. The number of benzene rings is 1. The van der Waals surface area contributed by atoms with Crippen LogP contribution >= 0.6 is 0 Å². The lowest BCUT2D eigenvalue weighted by Gasteiger charge is -2.35. The quantitative estimate of drug-likeness (QED) is 0.509. The van der Waals surface area contributed by atoms with Crippen LogP contribution in [0.15, 0.2) is 24.3 Å². The number of hydrogen-bond acceptors (Lipinski definition) is 5. The molecule has 0 spiro atoms. The maximum Gasteiger partial charge on any atom is 0.387 e. The molecule has 7 nitrogen and oxygen atoms in total. The summed E-state index contributed by atoms with van der Waals surface area (Å²) in [6.45, 7) is 0.556. The molecule has 9 heteroatoms. The van der Waals surface area contributed by atoms with Crippen molar-refractivity contribution in [2.24, 2.45) is 11.8 Å². The van der Waals surface area contributed by atoms with E-state index in [4.69, 9.17) is 4.74 Å². The number of piperidine rings is 1. The molecule has 32 heavy (non-hydrogen) atoms. The van der Waals surface area contributed by atoms with Gasteiger partial charge in [-0.15, -0.1) is 0 Å². The van der Waals surface area contributed by atoms with Crippen molar-refractivity contribution in [1.82, 2.24) is 9.80 Å². The Morgan fingerprint density at radius 3 is 2.62 bits per heavy atom. The predicted octanol–water partition coefficient (Wildman–Crippen LogP) is 3.33. The molecule has 1 aromatic carbocycles. The maximum absolute atomic E-state index is 13.3. The molecule has 0 radical (unpaired) electrons. The molecule has 0 aromatic heterocycles. The number of carbonyl (C=O) groups is 3. The molecule has 2 amide bonds. The molecule has 1 unspecified atom stereocenters. The average molecular weight is 452 g/mol. The van der Waals surface area contributed by atoms with Gasteiger partial charge in [-0.05, 0) is 50.7 Å². The highest BCUT2D eigenvalue weighted by molar-refractivity contribution is 5.97. The number of carbonyl (C=O) groups excluding carboxylic acids is 3. The van der Waals surface area contributed by atoms with Crippen LogP contribution < -0.4 is 4.74 Å². The van der Waals surface area contributed by atoms with E-state index in [1.807, 2.05) is 0 Å². The summed E-state index contributed by atoms with van der Waals surface area (Å²) in [6.07, 6.45) is 3.55. The second-order valence-corrected chi connectivity index (χ2v) is 8.25. The molecule has 3 rings (SSSR count). The first-order valence-corrected chi connectivity index (χ1v) is 11.2. The number of alkyl halides is 2. The van der Waals surface area contributed by atoms with Gasteiger partial charge in [0, 0.05) is 26.2 Å². The Balaban J connectivity index is 1.66. The van der Waals surface area contributed by atoms with Crippen molar-refractivity contribution in [3.05, 3.63) is 29.8 Å². The zero-order valence-corrected chi connectivity index (χ0v) is 18.3. The number of ether oxygens (including phenoxy) is 2. The lowest BCUT2D eigenvalue weighted by molar-refractivity contribution is -0.144. The highest BCUT2D eigenvalue weighted by Crippen LogP contribution is 2.31. The fraction of sp³-hybridized carbons (Fsp3) is 0.609. The van der Waals surface area contributed by atoms with E-state index < -0.39 is 18.4 Å². The Morgan fingerprint density at radius 1 is 1.19 bits per heavy atom. The minimum Gasteiger partial charge on any atom is -0.466 e. The summed E-state index contributed by atoms with van der Waals surface area (Å²) >= 11 is 0. The van der Waals surface area contributed by atoms with Gasteiger partial charge in [-0.2, -0.15) is 8.78 Å². The molecular formula is C23H30F2N2O5. The molecule has 1 saturated carbocycles. The summed E-state index contributed by atoms with van der Waals surface area (Å²) in [5.41, 5.74) is 0.0537. The lowest BCUT2D eigenvalue weighted by Crippen LogP contribution is -2.47. The van der Waals surface area contributed by atoms with Crippen LogP contribution in [-0.4, -0.2) is 67.0 Å². The fourth-order valence-corrected chi connectivity index (χ4v) is 4.00. The van der Waals surface area contributed by atoms with E-state index in [9.17, 15) is 23.2 Å². The molecule has 0 N–H and O–H groups in total. The number of nitrogens with zero attached hydrogens (tertiary/aromatic N) is 2. The molecule has 1 aliphatic heterocycles. The average Bonchev–Trinajstić information content (AvgIpc) is 3.60. The van der Waals surface area contributed by atoms with Gasteiger partial charge in [-0.25, -0.2) is 0 Å². The summed E-state index contributed by atoms with van der Waals surface area (Å²) in [6, 6.07) is 5.89. The number of esters is 1. The van der Waals surface area contributed by atoms with Crippen LogP contribution in [0.4, 0.5) is 8.78 Å². The van der Waals surface area contributed by atoms with Crippen LogP contribution in [0.5, 0.6) is 5.75 Å². The van der Waals surface area contributed by atoms with Crippen LogP contribution in [0.1, 0.15) is 49.4 Å². The summed E-state index contributed by atoms with van der Waals surface area (Å²) in [5, 5.41) is 0. The van der Waals surface area contributed by atoms with Crippen molar-refractivity contribution in [1.29, 1.82) is 0 Å². The Bertz CT molecular complexity index is 815.